The van der Waals surface area contributed by atoms with Crippen molar-refractivity contribution in [2.24, 2.45) is 5.92 Å². The van der Waals surface area contributed by atoms with Gasteiger partial charge in [0.25, 0.3) is 0 Å². The third kappa shape index (κ3) is 4.06. The van der Waals surface area contributed by atoms with E-state index in [1.165, 1.54) is 11.3 Å². The van der Waals surface area contributed by atoms with Crippen LogP contribution in [-0.4, -0.2) is 20.0 Å². The van der Waals surface area contributed by atoms with Crippen LogP contribution in [0.4, 0.5) is 0 Å². The van der Waals surface area contributed by atoms with Crippen molar-refractivity contribution in [2.75, 3.05) is 0 Å². The summed E-state index contributed by atoms with van der Waals surface area (Å²) in [5.41, 5.74) is 0.468. The Morgan fingerprint density at radius 3 is 2.52 bits per heavy atom. The molecule has 0 spiro atoms. The predicted molar refractivity (Wildman–Crippen MR) is 88.2 cm³/mol. The summed E-state index contributed by atoms with van der Waals surface area (Å²) in [6.07, 6.45) is 2.22. The molecule has 0 aromatic carbocycles. The van der Waals surface area contributed by atoms with Crippen LogP contribution in [-0.2, 0) is 16.6 Å². The number of aryl methyl sites for hydroxylation is 1. The first kappa shape index (κ1) is 16.9. The summed E-state index contributed by atoms with van der Waals surface area (Å²) in [7, 11) is -3.47. The molecule has 2 N–H and O–H groups in total. The number of hydrogen-bond acceptors (Lipinski definition) is 4. The minimum Gasteiger partial charge on any atom is -0.310 e. The van der Waals surface area contributed by atoms with E-state index in [0.717, 1.165) is 23.3 Å². The largest absolute Gasteiger partial charge is 0.310 e. The monoisotopic (exact) mass is 330 g/mol. The molecule has 0 unspecified atom stereocenters. The lowest BCUT2D eigenvalue weighted by atomic mass is 10.0. The van der Waals surface area contributed by atoms with Gasteiger partial charge in [0.05, 0.1) is 0 Å². The molecule has 1 aliphatic carbocycles. The Kier molecular flexibility index (Phi) is 4.83. The highest BCUT2D eigenvalue weighted by Crippen LogP contribution is 2.40. The number of nitrogens with one attached hydrogen (secondary N) is 2. The van der Waals surface area contributed by atoms with E-state index in [9.17, 15) is 8.42 Å². The summed E-state index contributed by atoms with van der Waals surface area (Å²) in [4.78, 5) is 1.36. The van der Waals surface area contributed by atoms with E-state index in [2.05, 4.69) is 23.9 Å². The standard InChI is InChI=1S/C15H26N2O2S2/c1-10(2)16-8-13-14(11(3)9-20-13)21(18,19)17-15(4,5)12-6-7-12/h9-10,12,16-17H,6-8H2,1-5H3. The summed E-state index contributed by atoms with van der Waals surface area (Å²) in [6, 6.07) is 0.332. The van der Waals surface area contributed by atoms with Crippen molar-refractivity contribution < 1.29 is 8.42 Å². The van der Waals surface area contributed by atoms with Crippen molar-refractivity contribution in [3.63, 3.8) is 0 Å². The maximum Gasteiger partial charge on any atom is 0.242 e. The third-order valence-electron chi connectivity index (χ3n) is 3.92. The Bertz CT molecular complexity index is 599. The van der Waals surface area contributed by atoms with E-state index in [1.54, 1.807) is 0 Å². The fraction of sp³-hybridized carbons (Fsp3) is 0.733. The fourth-order valence-electron chi connectivity index (χ4n) is 2.55. The Balaban J connectivity index is 2.24. The zero-order valence-electron chi connectivity index (χ0n) is 13.5. The normalized spacial score (nSPS) is 16.7. The second kappa shape index (κ2) is 5.99. The van der Waals surface area contributed by atoms with E-state index in [4.69, 9.17) is 0 Å². The summed E-state index contributed by atoms with van der Waals surface area (Å²) < 4.78 is 28.5. The first-order chi connectivity index (χ1) is 9.63. The van der Waals surface area contributed by atoms with Gasteiger partial charge in [0.15, 0.2) is 0 Å². The van der Waals surface area contributed by atoms with Crippen LogP contribution in [0.15, 0.2) is 10.3 Å². The van der Waals surface area contributed by atoms with Crippen molar-refractivity contribution in [3.05, 3.63) is 15.8 Å². The average molecular weight is 331 g/mol. The summed E-state index contributed by atoms with van der Waals surface area (Å²) >= 11 is 1.51. The van der Waals surface area contributed by atoms with Crippen molar-refractivity contribution in [1.82, 2.24) is 10.0 Å². The molecule has 1 aromatic rings. The molecule has 1 fully saturated rings. The number of rotatable bonds is 7. The van der Waals surface area contributed by atoms with Crippen LogP contribution in [0.3, 0.4) is 0 Å². The lowest BCUT2D eigenvalue weighted by molar-refractivity contribution is 0.400. The van der Waals surface area contributed by atoms with E-state index < -0.39 is 10.0 Å². The molecule has 0 aliphatic heterocycles. The zero-order chi connectivity index (χ0) is 15.8. The van der Waals surface area contributed by atoms with Crippen LogP contribution in [0, 0.1) is 12.8 Å². The van der Waals surface area contributed by atoms with Crippen LogP contribution >= 0.6 is 11.3 Å². The molecule has 21 heavy (non-hydrogen) atoms. The second-order valence-electron chi connectivity index (χ2n) is 6.81. The van der Waals surface area contributed by atoms with Gasteiger partial charge in [-0.05, 0) is 50.5 Å². The molecule has 0 atom stereocenters. The highest BCUT2D eigenvalue weighted by molar-refractivity contribution is 7.89. The van der Waals surface area contributed by atoms with Gasteiger partial charge in [-0.15, -0.1) is 11.3 Å². The quantitative estimate of drug-likeness (QED) is 0.808. The summed E-state index contributed by atoms with van der Waals surface area (Å²) in [5, 5.41) is 5.23. The minimum absolute atomic E-state index is 0.332. The van der Waals surface area contributed by atoms with Gasteiger partial charge in [-0.1, -0.05) is 13.8 Å². The Morgan fingerprint density at radius 2 is 2.00 bits per heavy atom. The Labute approximate surface area is 132 Å². The van der Waals surface area contributed by atoms with Crippen molar-refractivity contribution in [2.45, 2.75) is 70.5 Å². The zero-order valence-corrected chi connectivity index (χ0v) is 15.1. The molecule has 1 aromatic heterocycles. The van der Waals surface area contributed by atoms with Gasteiger partial charge in [-0.3, -0.25) is 0 Å². The maximum atomic E-state index is 12.8. The molecule has 1 aliphatic rings. The first-order valence-electron chi connectivity index (χ1n) is 7.48. The van der Waals surface area contributed by atoms with Gasteiger partial charge >= 0.3 is 0 Å². The molecule has 0 bridgehead atoms. The van der Waals surface area contributed by atoms with E-state index in [0.29, 0.717) is 23.4 Å². The van der Waals surface area contributed by atoms with Crippen LogP contribution in [0.1, 0.15) is 51.0 Å². The first-order valence-corrected chi connectivity index (χ1v) is 9.84. The molecule has 6 heteroatoms. The molecule has 1 heterocycles. The summed E-state index contributed by atoms with van der Waals surface area (Å²) in [5.74, 6) is 0.462. The lowest BCUT2D eigenvalue weighted by Crippen LogP contribution is -2.45. The van der Waals surface area contributed by atoms with Crippen LogP contribution in [0.5, 0.6) is 0 Å². The highest BCUT2D eigenvalue weighted by Gasteiger charge is 2.41. The molecule has 1 saturated carbocycles. The average Bonchev–Trinajstić information content (AvgIpc) is 3.10. The number of thiophene rings is 1. The van der Waals surface area contributed by atoms with Gasteiger partial charge in [-0.2, -0.15) is 0 Å². The van der Waals surface area contributed by atoms with Gasteiger partial charge in [-0.25, -0.2) is 13.1 Å². The van der Waals surface area contributed by atoms with E-state index in [1.807, 2.05) is 26.2 Å². The second-order valence-corrected chi connectivity index (χ2v) is 9.39. The number of hydrogen-bond donors (Lipinski definition) is 2. The van der Waals surface area contributed by atoms with Gasteiger partial charge in [0.2, 0.25) is 10.0 Å². The molecule has 0 saturated heterocycles. The van der Waals surface area contributed by atoms with Crippen LogP contribution in [0.2, 0.25) is 0 Å². The van der Waals surface area contributed by atoms with E-state index in [-0.39, 0.29) is 5.54 Å². The van der Waals surface area contributed by atoms with Crippen LogP contribution in [0.25, 0.3) is 0 Å². The SMILES string of the molecule is Cc1csc(CNC(C)C)c1S(=O)(=O)NC(C)(C)C1CC1. The molecule has 4 nitrogen and oxygen atoms in total. The van der Waals surface area contributed by atoms with Crippen molar-refractivity contribution in [3.8, 4) is 0 Å². The fourth-order valence-corrected chi connectivity index (χ4v) is 5.79. The minimum atomic E-state index is -3.47. The Morgan fingerprint density at radius 1 is 1.38 bits per heavy atom. The maximum absolute atomic E-state index is 12.8. The summed E-state index contributed by atoms with van der Waals surface area (Å²) in [6.45, 7) is 10.5. The van der Waals surface area contributed by atoms with E-state index >= 15 is 0 Å². The highest BCUT2D eigenvalue weighted by atomic mass is 32.2. The topological polar surface area (TPSA) is 58.2 Å². The van der Waals surface area contributed by atoms with Crippen molar-refractivity contribution in [1.29, 1.82) is 0 Å². The smallest absolute Gasteiger partial charge is 0.242 e. The third-order valence-corrected chi connectivity index (χ3v) is 7.06. The number of sulfonamides is 1. The van der Waals surface area contributed by atoms with Gasteiger partial charge in [0, 0.05) is 23.0 Å². The molecule has 0 radical (unpaired) electrons. The molecular weight excluding hydrogens is 304 g/mol. The predicted octanol–water partition coefficient (Wildman–Crippen LogP) is 3.02. The lowest BCUT2D eigenvalue weighted by Gasteiger charge is -2.26. The Hall–Kier alpha value is -0.430. The molecule has 0 amide bonds. The van der Waals surface area contributed by atoms with Gasteiger partial charge < -0.3 is 5.32 Å². The molecule has 2 rings (SSSR count). The van der Waals surface area contributed by atoms with Crippen LogP contribution < -0.4 is 10.0 Å². The molecule has 120 valence electrons. The van der Waals surface area contributed by atoms with Crippen molar-refractivity contribution >= 4 is 21.4 Å². The van der Waals surface area contributed by atoms with Gasteiger partial charge in [0.1, 0.15) is 4.90 Å². The molecular formula is C15H26N2O2S2.